The van der Waals surface area contributed by atoms with Gasteiger partial charge in [-0.1, -0.05) is 33.3 Å². The SMILES string of the molecule is C=CC1(C)CC(O)C2C(O)(C1)C(OC1OC(CO)C(O)C(O)C1O)CC1C(C)(C)CCCC12COC(=O)CC(C)(C)O. The molecule has 0 amide bonds. The number of allylic oxidation sites excluding steroid dienone is 1. The smallest absolute Gasteiger partial charge is 0.308 e. The molecule has 4 rings (SSSR count). The maximum atomic E-state index is 12.8. The largest absolute Gasteiger partial charge is 0.465 e. The molecular weight excluding hydrogens is 548 g/mol. The topological polar surface area (TPSA) is 186 Å². The Balaban J connectivity index is 1.77. The van der Waals surface area contributed by atoms with Crippen LogP contribution in [-0.4, -0.2) is 109 Å². The lowest BCUT2D eigenvalue weighted by Gasteiger charge is -2.68. The summed E-state index contributed by atoms with van der Waals surface area (Å²) in [6.45, 7) is 12.5. The average molecular weight is 601 g/mol. The molecule has 3 aliphatic carbocycles. The van der Waals surface area contributed by atoms with Gasteiger partial charge in [0.25, 0.3) is 0 Å². The Morgan fingerprint density at radius 2 is 1.76 bits per heavy atom. The monoisotopic (exact) mass is 600 g/mol. The van der Waals surface area contributed by atoms with E-state index in [-0.39, 0.29) is 37.2 Å². The molecule has 242 valence electrons. The van der Waals surface area contributed by atoms with Crippen molar-refractivity contribution in [1.29, 1.82) is 0 Å². The molecular formula is C31H52O11. The minimum atomic E-state index is -1.69. The fourth-order valence-corrected chi connectivity index (χ4v) is 8.85. The summed E-state index contributed by atoms with van der Waals surface area (Å²) in [6.07, 6.45) is -4.99. The maximum absolute atomic E-state index is 12.8. The number of carbonyl (C=O) groups is 1. The highest BCUT2D eigenvalue weighted by molar-refractivity contribution is 5.70. The van der Waals surface area contributed by atoms with E-state index in [0.717, 1.165) is 12.8 Å². The molecule has 3 saturated carbocycles. The van der Waals surface area contributed by atoms with E-state index in [2.05, 4.69) is 20.4 Å². The molecule has 0 aromatic heterocycles. The van der Waals surface area contributed by atoms with Crippen molar-refractivity contribution in [1.82, 2.24) is 0 Å². The van der Waals surface area contributed by atoms with Gasteiger partial charge in [0, 0.05) is 11.3 Å². The Morgan fingerprint density at radius 3 is 2.36 bits per heavy atom. The number of esters is 1. The van der Waals surface area contributed by atoms with Gasteiger partial charge in [-0.25, -0.2) is 0 Å². The number of fused-ring (bicyclic) bond motifs is 3. The molecule has 12 atom stereocenters. The van der Waals surface area contributed by atoms with Gasteiger partial charge in [-0.15, -0.1) is 6.58 Å². The minimum absolute atomic E-state index is 0.0440. The van der Waals surface area contributed by atoms with Crippen molar-refractivity contribution < 1.29 is 54.8 Å². The average Bonchev–Trinajstić information content (AvgIpc) is 2.86. The molecule has 7 N–H and O–H groups in total. The van der Waals surface area contributed by atoms with Gasteiger partial charge in [0.1, 0.15) is 24.4 Å². The third-order valence-electron chi connectivity index (χ3n) is 10.7. The minimum Gasteiger partial charge on any atom is -0.465 e. The highest BCUT2D eigenvalue weighted by Gasteiger charge is 2.70. The summed E-state index contributed by atoms with van der Waals surface area (Å²) in [5, 5.41) is 76.0. The van der Waals surface area contributed by atoms with Gasteiger partial charge in [-0.3, -0.25) is 4.79 Å². The molecule has 0 aromatic carbocycles. The van der Waals surface area contributed by atoms with Crippen LogP contribution >= 0.6 is 0 Å². The predicted molar refractivity (Wildman–Crippen MR) is 151 cm³/mol. The second-order valence-corrected chi connectivity index (χ2v) is 15.1. The lowest BCUT2D eigenvalue weighted by molar-refractivity contribution is -0.356. The molecule has 1 heterocycles. The van der Waals surface area contributed by atoms with Crippen molar-refractivity contribution in [3.8, 4) is 0 Å². The number of carbonyl (C=O) groups excluding carboxylic acids is 1. The second kappa shape index (κ2) is 11.7. The zero-order valence-electron chi connectivity index (χ0n) is 25.6. The first-order valence-electron chi connectivity index (χ1n) is 15.2. The predicted octanol–water partition coefficient (Wildman–Crippen LogP) is 0.786. The van der Waals surface area contributed by atoms with Gasteiger partial charge in [-0.05, 0) is 62.7 Å². The van der Waals surface area contributed by atoms with Crippen LogP contribution < -0.4 is 0 Å². The summed E-state index contributed by atoms with van der Waals surface area (Å²) in [4.78, 5) is 12.8. The Bertz CT molecular complexity index is 994. The Labute approximate surface area is 248 Å². The standard InChI is InChI=1S/C31H52O11/c1-7-29(6)12-17(33)25-30(16-40-21(34)13-28(4,5)38)10-8-9-27(2,3)19(30)11-20(31(25,39)15-29)42-26-24(37)23(36)22(35)18(14-32)41-26/h7,17-20,22-26,32-33,35-39H,1,8-16H2,2-6H3. The molecule has 11 heteroatoms. The Kier molecular flexibility index (Phi) is 9.36. The molecule has 11 nitrogen and oxygen atoms in total. The maximum Gasteiger partial charge on any atom is 0.308 e. The molecule has 42 heavy (non-hydrogen) atoms. The number of ether oxygens (including phenoxy) is 3. The van der Waals surface area contributed by atoms with Gasteiger partial charge >= 0.3 is 5.97 Å². The Hall–Kier alpha value is -1.15. The molecule has 0 spiro atoms. The summed E-state index contributed by atoms with van der Waals surface area (Å²) in [7, 11) is 0. The van der Waals surface area contributed by atoms with Crippen LogP contribution in [0.1, 0.15) is 79.6 Å². The van der Waals surface area contributed by atoms with Crippen LogP contribution in [0.25, 0.3) is 0 Å². The van der Waals surface area contributed by atoms with Crippen molar-refractivity contribution in [2.75, 3.05) is 13.2 Å². The van der Waals surface area contributed by atoms with Crippen LogP contribution in [0, 0.1) is 28.1 Å². The zero-order valence-corrected chi connectivity index (χ0v) is 25.6. The van der Waals surface area contributed by atoms with Gasteiger partial charge in [0.05, 0.1) is 43.0 Å². The van der Waals surface area contributed by atoms with Crippen molar-refractivity contribution in [2.45, 2.75) is 134 Å². The lowest BCUT2D eigenvalue weighted by atomic mass is 9.40. The van der Waals surface area contributed by atoms with Gasteiger partial charge in [0.15, 0.2) is 6.29 Å². The van der Waals surface area contributed by atoms with Gasteiger partial charge < -0.3 is 50.0 Å². The van der Waals surface area contributed by atoms with Crippen LogP contribution in [0.15, 0.2) is 12.7 Å². The highest BCUT2D eigenvalue weighted by Crippen LogP contribution is 2.67. The molecule has 12 unspecified atom stereocenters. The van der Waals surface area contributed by atoms with E-state index in [1.807, 2.05) is 6.92 Å². The molecule has 0 aromatic rings. The number of aliphatic hydroxyl groups is 7. The van der Waals surface area contributed by atoms with E-state index >= 15 is 0 Å². The summed E-state index contributed by atoms with van der Waals surface area (Å²) >= 11 is 0. The fourth-order valence-electron chi connectivity index (χ4n) is 8.85. The number of rotatable bonds is 8. The van der Waals surface area contributed by atoms with Crippen LogP contribution in [0.4, 0.5) is 0 Å². The van der Waals surface area contributed by atoms with E-state index in [9.17, 15) is 40.5 Å². The fraction of sp³-hybridized carbons (Fsp3) is 0.903. The molecule has 1 aliphatic heterocycles. The molecule has 0 bridgehead atoms. The van der Waals surface area contributed by atoms with Crippen molar-refractivity contribution in [2.24, 2.45) is 28.1 Å². The first-order valence-corrected chi connectivity index (χ1v) is 15.2. The lowest BCUT2D eigenvalue weighted by Crippen LogP contribution is -2.73. The van der Waals surface area contributed by atoms with Crippen LogP contribution in [-0.2, 0) is 19.0 Å². The zero-order chi connectivity index (χ0) is 31.5. The third kappa shape index (κ3) is 6.06. The number of hydrogen-bond acceptors (Lipinski definition) is 11. The summed E-state index contributed by atoms with van der Waals surface area (Å²) in [6, 6.07) is 0. The highest BCUT2D eigenvalue weighted by atomic mass is 16.7. The summed E-state index contributed by atoms with van der Waals surface area (Å²) < 4.78 is 17.9. The Morgan fingerprint density at radius 1 is 1.10 bits per heavy atom. The van der Waals surface area contributed by atoms with Crippen molar-refractivity contribution in [3.05, 3.63) is 12.7 Å². The summed E-state index contributed by atoms with van der Waals surface area (Å²) in [5.74, 6) is -1.55. The van der Waals surface area contributed by atoms with Crippen molar-refractivity contribution in [3.63, 3.8) is 0 Å². The first kappa shape index (κ1) is 33.7. The van der Waals surface area contributed by atoms with Crippen LogP contribution in [0.5, 0.6) is 0 Å². The second-order valence-electron chi connectivity index (χ2n) is 15.1. The van der Waals surface area contributed by atoms with Crippen molar-refractivity contribution >= 4 is 5.97 Å². The first-order chi connectivity index (χ1) is 19.3. The summed E-state index contributed by atoms with van der Waals surface area (Å²) in [5.41, 5.74) is -4.74. The quantitative estimate of drug-likeness (QED) is 0.119. The van der Waals surface area contributed by atoms with Gasteiger partial charge in [0.2, 0.25) is 0 Å². The van der Waals surface area contributed by atoms with E-state index in [0.29, 0.717) is 12.8 Å². The van der Waals surface area contributed by atoms with Crippen LogP contribution in [0.2, 0.25) is 0 Å². The third-order valence-corrected chi connectivity index (χ3v) is 10.7. The number of aliphatic hydroxyl groups excluding tert-OH is 5. The van der Waals surface area contributed by atoms with E-state index < -0.39 is 83.4 Å². The van der Waals surface area contributed by atoms with Gasteiger partial charge in [-0.2, -0.15) is 0 Å². The van der Waals surface area contributed by atoms with E-state index in [1.165, 1.54) is 13.8 Å². The molecule has 4 fully saturated rings. The normalized spacial score (nSPS) is 47.2. The molecule has 1 saturated heterocycles. The molecule has 0 radical (unpaired) electrons. The molecule has 4 aliphatic rings. The van der Waals surface area contributed by atoms with E-state index in [4.69, 9.17) is 14.2 Å². The number of hydrogen-bond donors (Lipinski definition) is 7. The van der Waals surface area contributed by atoms with Crippen LogP contribution in [0.3, 0.4) is 0 Å². The van der Waals surface area contributed by atoms with E-state index in [1.54, 1.807) is 6.08 Å².